The highest BCUT2D eigenvalue weighted by atomic mass is 32.1. The molecule has 1 saturated heterocycles. The minimum atomic E-state index is -0.239. The maximum Gasteiger partial charge on any atom is 0.232 e. The molecule has 1 aromatic carbocycles. The maximum absolute atomic E-state index is 13.3. The van der Waals surface area contributed by atoms with E-state index in [2.05, 4.69) is 20.6 Å². The Morgan fingerprint density at radius 3 is 2.63 bits per heavy atom. The average molecular weight is 390 g/mol. The van der Waals surface area contributed by atoms with E-state index in [-0.39, 0.29) is 11.2 Å². The zero-order chi connectivity index (χ0) is 19.3. The van der Waals surface area contributed by atoms with E-state index in [4.69, 9.17) is 21.7 Å². The average Bonchev–Trinajstić information content (AvgIpc) is 2.67. The predicted octanol–water partition coefficient (Wildman–Crippen LogP) is 2.97. The summed E-state index contributed by atoms with van der Waals surface area (Å²) in [5, 5.41) is 6.69. The Labute approximate surface area is 163 Å². The Kier molecular flexibility index (Phi) is 6.18. The fraction of sp³-hybridized carbons (Fsp3) is 0.421. The van der Waals surface area contributed by atoms with E-state index < -0.39 is 0 Å². The summed E-state index contributed by atoms with van der Waals surface area (Å²) in [5.41, 5.74) is 1.69. The highest BCUT2D eigenvalue weighted by molar-refractivity contribution is 7.80. The van der Waals surface area contributed by atoms with Gasteiger partial charge in [0.05, 0.1) is 7.11 Å². The lowest BCUT2D eigenvalue weighted by Crippen LogP contribution is -2.45. The molecule has 0 unspecified atom stereocenters. The normalized spacial score (nSPS) is 15.8. The molecule has 0 bridgehead atoms. The summed E-state index contributed by atoms with van der Waals surface area (Å²) >= 11 is 5.41. The third-order valence-electron chi connectivity index (χ3n) is 4.76. The van der Waals surface area contributed by atoms with E-state index in [0.717, 1.165) is 24.1 Å². The Balaban J connectivity index is 1.69. The largest absolute Gasteiger partial charge is 0.481 e. The monoisotopic (exact) mass is 390 g/mol. The second-order valence-electron chi connectivity index (χ2n) is 6.58. The molecule has 27 heavy (non-hydrogen) atoms. The number of halogens is 1. The molecule has 0 aliphatic carbocycles. The summed E-state index contributed by atoms with van der Waals surface area (Å²) < 4.78 is 24.0. The third kappa shape index (κ3) is 4.90. The van der Waals surface area contributed by atoms with Crippen molar-refractivity contribution in [3.63, 3.8) is 0 Å². The summed E-state index contributed by atoms with van der Waals surface area (Å²) in [6.45, 7) is 3.79. The third-order valence-corrected chi connectivity index (χ3v) is 5.01. The molecule has 144 valence electrons. The topological polar surface area (TPSA) is 68.3 Å². The molecule has 8 heteroatoms. The van der Waals surface area contributed by atoms with E-state index in [9.17, 15) is 4.39 Å². The molecule has 0 amide bonds. The number of thiocarbonyl (C=S) groups is 1. The van der Waals surface area contributed by atoms with Gasteiger partial charge < -0.3 is 20.1 Å². The van der Waals surface area contributed by atoms with Crippen molar-refractivity contribution in [2.75, 3.05) is 32.2 Å². The number of aromatic nitrogens is 2. The summed E-state index contributed by atoms with van der Waals surface area (Å²) in [4.78, 5) is 8.55. The van der Waals surface area contributed by atoms with Crippen molar-refractivity contribution < 1.29 is 13.9 Å². The van der Waals surface area contributed by atoms with Gasteiger partial charge >= 0.3 is 0 Å². The van der Waals surface area contributed by atoms with Crippen LogP contribution >= 0.6 is 12.2 Å². The molecule has 6 nitrogen and oxygen atoms in total. The molecule has 1 aliphatic heterocycles. The van der Waals surface area contributed by atoms with Gasteiger partial charge in [-0.15, -0.1) is 0 Å². The van der Waals surface area contributed by atoms with Crippen molar-refractivity contribution in [3.8, 4) is 5.88 Å². The molecule has 0 radical (unpaired) electrons. The number of hydrogen-bond donors (Lipinski definition) is 2. The maximum atomic E-state index is 13.3. The molecule has 1 fully saturated rings. The number of nitrogens with one attached hydrogen (secondary N) is 2. The second kappa shape index (κ2) is 8.58. The van der Waals surface area contributed by atoms with Crippen LogP contribution in [0.1, 0.15) is 24.1 Å². The smallest absolute Gasteiger partial charge is 0.232 e. The second-order valence-corrected chi connectivity index (χ2v) is 6.99. The Bertz CT molecular complexity index is 795. The zero-order valence-electron chi connectivity index (χ0n) is 15.4. The van der Waals surface area contributed by atoms with E-state index >= 15 is 0 Å². The lowest BCUT2D eigenvalue weighted by molar-refractivity contribution is 0.0515. The van der Waals surface area contributed by atoms with Gasteiger partial charge in [-0.25, -0.2) is 9.37 Å². The summed E-state index contributed by atoms with van der Waals surface area (Å²) in [5.74, 6) is 0.615. The number of benzene rings is 1. The van der Waals surface area contributed by atoms with Gasteiger partial charge in [-0.2, -0.15) is 4.98 Å². The minimum absolute atomic E-state index is 0.164. The van der Waals surface area contributed by atoms with Crippen molar-refractivity contribution in [2.24, 2.45) is 0 Å². The van der Waals surface area contributed by atoms with Crippen LogP contribution in [0.4, 0.5) is 10.3 Å². The van der Waals surface area contributed by atoms with Crippen LogP contribution in [0.25, 0.3) is 0 Å². The molecular formula is C19H23FN4O2S. The predicted molar refractivity (Wildman–Crippen MR) is 106 cm³/mol. The molecule has 1 aliphatic rings. The molecule has 2 aromatic rings. The van der Waals surface area contributed by atoms with Gasteiger partial charge in [0.15, 0.2) is 5.11 Å². The highest BCUT2D eigenvalue weighted by Crippen LogP contribution is 2.34. The number of aryl methyl sites for hydroxylation is 1. The van der Waals surface area contributed by atoms with Crippen LogP contribution in [-0.2, 0) is 10.2 Å². The number of nitrogens with zero attached hydrogens (tertiary/aromatic N) is 2. The number of hydrogen-bond acceptors (Lipinski definition) is 5. The highest BCUT2D eigenvalue weighted by Gasteiger charge is 2.34. The molecule has 0 saturated carbocycles. The Morgan fingerprint density at radius 2 is 1.96 bits per heavy atom. The standard InChI is InChI=1S/C19H23FN4O2S/c1-13-11-16(25-2)23-17(22-13)24-18(27)21-12-19(7-9-26-10-8-19)14-3-5-15(20)6-4-14/h3-6,11H,7-10,12H2,1-2H3,(H2,21,22,23,24,27). The van der Waals surface area contributed by atoms with Gasteiger partial charge in [0.25, 0.3) is 0 Å². The lowest BCUT2D eigenvalue weighted by atomic mass is 9.74. The van der Waals surface area contributed by atoms with Gasteiger partial charge in [-0.3, -0.25) is 0 Å². The fourth-order valence-electron chi connectivity index (χ4n) is 3.23. The van der Waals surface area contributed by atoms with E-state index in [1.807, 2.05) is 19.1 Å². The summed E-state index contributed by atoms with van der Waals surface area (Å²) in [6.07, 6.45) is 1.67. The van der Waals surface area contributed by atoms with Gasteiger partial charge in [-0.05, 0) is 49.7 Å². The van der Waals surface area contributed by atoms with Crippen LogP contribution < -0.4 is 15.4 Å². The number of methoxy groups -OCH3 is 1. The lowest BCUT2D eigenvalue weighted by Gasteiger charge is -2.38. The number of rotatable bonds is 5. The first-order valence-electron chi connectivity index (χ1n) is 8.79. The molecule has 0 atom stereocenters. The number of ether oxygens (including phenoxy) is 2. The van der Waals surface area contributed by atoms with Crippen molar-refractivity contribution in [2.45, 2.75) is 25.2 Å². The van der Waals surface area contributed by atoms with Gasteiger partial charge in [-0.1, -0.05) is 12.1 Å². The molecule has 0 spiro atoms. The first kappa shape index (κ1) is 19.4. The molecule has 2 N–H and O–H groups in total. The van der Waals surface area contributed by atoms with Crippen molar-refractivity contribution >= 4 is 23.3 Å². The number of anilines is 1. The minimum Gasteiger partial charge on any atom is -0.481 e. The Hall–Kier alpha value is -2.32. The van der Waals surface area contributed by atoms with Crippen LogP contribution in [0.5, 0.6) is 5.88 Å². The first-order chi connectivity index (χ1) is 13.0. The molecule has 2 heterocycles. The zero-order valence-corrected chi connectivity index (χ0v) is 16.2. The SMILES string of the molecule is COc1cc(C)nc(NC(=S)NCC2(c3ccc(F)cc3)CCOCC2)n1. The van der Waals surface area contributed by atoms with E-state index in [1.165, 1.54) is 12.1 Å². The first-order valence-corrected chi connectivity index (χ1v) is 9.20. The molecular weight excluding hydrogens is 367 g/mol. The van der Waals surface area contributed by atoms with Crippen LogP contribution in [0.15, 0.2) is 30.3 Å². The van der Waals surface area contributed by atoms with Gasteiger partial charge in [0.2, 0.25) is 11.8 Å². The molecule has 1 aromatic heterocycles. The van der Waals surface area contributed by atoms with E-state index in [1.54, 1.807) is 13.2 Å². The van der Waals surface area contributed by atoms with E-state index in [0.29, 0.717) is 36.7 Å². The van der Waals surface area contributed by atoms with Crippen molar-refractivity contribution in [3.05, 3.63) is 47.4 Å². The summed E-state index contributed by atoms with van der Waals surface area (Å²) in [7, 11) is 1.56. The van der Waals surface area contributed by atoms with Crippen LogP contribution in [-0.4, -0.2) is 41.9 Å². The van der Waals surface area contributed by atoms with Crippen LogP contribution in [0.3, 0.4) is 0 Å². The van der Waals surface area contributed by atoms with Gasteiger partial charge in [0.1, 0.15) is 5.82 Å². The van der Waals surface area contributed by atoms with Crippen LogP contribution in [0, 0.1) is 12.7 Å². The fourth-order valence-corrected chi connectivity index (χ4v) is 3.39. The van der Waals surface area contributed by atoms with Crippen molar-refractivity contribution in [1.29, 1.82) is 0 Å². The summed E-state index contributed by atoms with van der Waals surface area (Å²) in [6, 6.07) is 8.42. The van der Waals surface area contributed by atoms with Gasteiger partial charge in [0, 0.05) is 36.9 Å². The Morgan fingerprint density at radius 1 is 1.26 bits per heavy atom. The van der Waals surface area contributed by atoms with Crippen molar-refractivity contribution in [1.82, 2.24) is 15.3 Å². The van der Waals surface area contributed by atoms with Crippen LogP contribution in [0.2, 0.25) is 0 Å². The molecule has 3 rings (SSSR count). The quantitative estimate of drug-likeness (QED) is 0.761.